The first kappa shape index (κ1) is 32.4. The largest absolute Gasteiger partial charge is 0.487 e. The first-order valence-corrected chi connectivity index (χ1v) is 16.4. The number of fused-ring (bicyclic) bond motifs is 1. The second kappa shape index (κ2) is 14.3. The highest BCUT2D eigenvalue weighted by Crippen LogP contribution is 2.30. The van der Waals surface area contributed by atoms with Gasteiger partial charge in [-0.25, -0.2) is 18.1 Å². The van der Waals surface area contributed by atoms with Crippen molar-refractivity contribution < 1.29 is 37.8 Å². The van der Waals surface area contributed by atoms with Crippen LogP contribution in [-0.4, -0.2) is 95.4 Å². The third kappa shape index (κ3) is 8.54. The van der Waals surface area contributed by atoms with Crippen molar-refractivity contribution in [2.75, 3.05) is 31.2 Å². The fraction of sp³-hybridized carbons (Fsp3) is 0.429. The Balaban J connectivity index is 1.60. The molecule has 43 heavy (non-hydrogen) atoms. The molecule has 2 aromatic carbocycles. The Morgan fingerprint density at radius 2 is 1.93 bits per heavy atom. The number of thioether (sulfide) groups is 1. The standard InChI is InChI=1S/C28H35N5O8S2/c1-18(15-33-23-6-4-3-5-22(23)30-28(33)42-2)41-24-13-19(29-26(36)16-32-11-9-21(35)10-12-32)7-8-25(24)43(39,40)31-20(17-34)14-27(37)38/h3-8,13,17-18,20-21,31,35H,9-12,14-16H2,1-2H3,(H,29,36)(H,37,38)/t18-,20?/m1/s1. The number of benzene rings is 2. The number of nitrogens with zero attached hydrogens (tertiary/aromatic N) is 3. The number of aliphatic hydroxyl groups excluding tert-OH is 1. The number of imidazole rings is 1. The summed E-state index contributed by atoms with van der Waals surface area (Å²) in [5.41, 5.74) is 1.97. The molecule has 0 radical (unpaired) electrons. The van der Waals surface area contributed by atoms with Crippen LogP contribution in [0.1, 0.15) is 26.2 Å². The normalized spacial score (nSPS) is 16.1. The van der Waals surface area contributed by atoms with E-state index in [0.29, 0.717) is 38.2 Å². The van der Waals surface area contributed by atoms with Gasteiger partial charge in [-0.15, -0.1) is 0 Å². The SMILES string of the molecule is CSc1nc2ccccc2n1C[C@@H](C)Oc1cc(NC(=O)CN2CCC(O)CC2)ccc1S(=O)(=O)NC(C=O)CC(=O)O. The smallest absolute Gasteiger partial charge is 0.305 e. The number of sulfonamides is 1. The number of ether oxygens (including phenoxy) is 1. The zero-order valence-electron chi connectivity index (χ0n) is 23.8. The summed E-state index contributed by atoms with van der Waals surface area (Å²) in [7, 11) is -4.41. The lowest BCUT2D eigenvalue weighted by molar-refractivity contribution is -0.138. The second-order valence-corrected chi connectivity index (χ2v) is 12.8. The minimum absolute atomic E-state index is 0.0889. The van der Waals surface area contributed by atoms with Crippen molar-refractivity contribution in [2.45, 2.75) is 61.0 Å². The third-order valence-corrected chi connectivity index (χ3v) is 9.08. The summed E-state index contributed by atoms with van der Waals surface area (Å²) in [6.45, 7) is 3.34. The molecule has 232 valence electrons. The molecule has 1 aromatic heterocycles. The lowest BCUT2D eigenvalue weighted by Gasteiger charge is -2.28. The van der Waals surface area contributed by atoms with Crippen LogP contribution in [0.2, 0.25) is 0 Å². The van der Waals surface area contributed by atoms with E-state index < -0.39 is 34.6 Å². The minimum atomic E-state index is -4.41. The molecule has 2 atom stereocenters. The third-order valence-electron chi connectivity index (χ3n) is 6.88. The van der Waals surface area contributed by atoms with Gasteiger partial charge in [-0.3, -0.25) is 14.5 Å². The highest BCUT2D eigenvalue weighted by Gasteiger charge is 2.27. The van der Waals surface area contributed by atoms with Crippen LogP contribution in [0.5, 0.6) is 5.75 Å². The summed E-state index contributed by atoms with van der Waals surface area (Å²) in [6.07, 6.45) is 1.60. The summed E-state index contributed by atoms with van der Waals surface area (Å²) in [5, 5.41) is 22.3. The molecule has 1 amide bonds. The molecular formula is C28H35N5O8S2. The van der Waals surface area contributed by atoms with E-state index in [0.717, 1.165) is 16.2 Å². The maximum absolute atomic E-state index is 13.3. The van der Waals surface area contributed by atoms with Gasteiger partial charge in [0.2, 0.25) is 15.9 Å². The first-order chi connectivity index (χ1) is 20.5. The fourth-order valence-electron chi connectivity index (χ4n) is 4.85. The number of carboxylic acids is 1. The van der Waals surface area contributed by atoms with E-state index in [-0.39, 0.29) is 35.5 Å². The molecule has 0 aliphatic carbocycles. The lowest BCUT2D eigenvalue weighted by atomic mass is 10.1. The number of aliphatic carboxylic acids is 1. The lowest BCUT2D eigenvalue weighted by Crippen LogP contribution is -2.40. The van der Waals surface area contributed by atoms with Gasteiger partial charge in [0.15, 0.2) is 5.16 Å². The predicted octanol–water partition coefficient (Wildman–Crippen LogP) is 1.94. The number of piperidine rings is 1. The Hall–Kier alpha value is -3.50. The number of carboxylic acid groups (broad SMARTS) is 1. The van der Waals surface area contributed by atoms with Crippen molar-refractivity contribution in [1.82, 2.24) is 19.2 Å². The van der Waals surface area contributed by atoms with Crippen molar-refractivity contribution in [3.05, 3.63) is 42.5 Å². The molecule has 0 saturated carbocycles. The van der Waals surface area contributed by atoms with Crippen LogP contribution in [-0.2, 0) is 31.0 Å². The maximum Gasteiger partial charge on any atom is 0.305 e. The van der Waals surface area contributed by atoms with Gasteiger partial charge in [0, 0.05) is 24.8 Å². The van der Waals surface area contributed by atoms with E-state index in [9.17, 15) is 27.9 Å². The van der Waals surface area contributed by atoms with Crippen LogP contribution < -0.4 is 14.8 Å². The average Bonchev–Trinajstić information content (AvgIpc) is 3.30. The Kier molecular flexibility index (Phi) is 10.8. The molecule has 1 unspecified atom stereocenters. The van der Waals surface area contributed by atoms with Crippen molar-refractivity contribution in [3.8, 4) is 5.75 Å². The van der Waals surface area contributed by atoms with Crippen LogP contribution in [0.25, 0.3) is 11.0 Å². The summed E-state index contributed by atoms with van der Waals surface area (Å²) in [5.74, 6) is -1.75. The number of amides is 1. The maximum atomic E-state index is 13.3. The van der Waals surface area contributed by atoms with E-state index in [1.165, 1.54) is 30.0 Å². The minimum Gasteiger partial charge on any atom is -0.487 e. The van der Waals surface area contributed by atoms with Crippen LogP contribution in [0, 0.1) is 0 Å². The van der Waals surface area contributed by atoms with Gasteiger partial charge in [-0.05, 0) is 50.3 Å². The van der Waals surface area contributed by atoms with E-state index in [1.807, 2.05) is 40.0 Å². The molecule has 1 fully saturated rings. The topological polar surface area (TPSA) is 180 Å². The molecule has 3 aromatic rings. The van der Waals surface area contributed by atoms with Crippen molar-refractivity contribution in [1.29, 1.82) is 0 Å². The van der Waals surface area contributed by atoms with E-state index >= 15 is 0 Å². The summed E-state index contributed by atoms with van der Waals surface area (Å²) >= 11 is 1.46. The number of aromatic nitrogens is 2. The molecule has 1 aliphatic rings. The summed E-state index contributed by atoms with van der Waals surface area (Å²) in [4.78, 5) is 41.6. The van der Waals surface area contributed by atoms with Gasteiger partial charge in [-0.1, -0.05) is 23.9 Å². The monoisotopic (exact) mass is 633 g/mol. The molecule has 0 bridgehead atoms. The Morgan fingerprint density at radius 1 is 1.21 bits per heavy atom. The van der Waals surface area contributed by atoms with Crippen LogP contribution >= 0.6 is 11.8 Å². The number of aldehydes is 1. The molecule has 15 heteroatoms. The summed E-state index contributed by atoms with van der Waals surface area (Å²) < 4.78 is 36.9. The van der Waals surface area contributed by atoms with Gasteiger partial charge in [-0.2, -0.15) is 0 Å². The van der Waals surface area contributed by atoms with Crippen molar-refractivity contribution >= 4 is 56.7 Å². The Labute approximate surface area is 253 Å². The van der Waals surface area contributed by atoms with Crippen molar-refractivity contribution in [2.24, 2.45) is 0 Å². The fourth-order valence-corrected chi connectivity index (χ4v) is 6.71. The van der Waals surface area contributed by atoms with Crippen molar-refractivity contribution in [3.63, 3.8) is 0 Å². The van der Waals surface area contributed by atoms with Gasteiger partial charge in [0.25, 0.3) is 0 Å². The first-order valence-electron chi connectivity index (χ1n) is 13.7. The summed E-state index contributed by atoms with van der Waals surface area (Å²) in [6, 6.07) is 10.1. The number of anilines is 1. The number of nitrogens with one attached hydrogen (secondary N) is 2. The van der Waals surface area contributed by atoms with Crippen LogP contribution in [0.3, 0.4) is 0 Å². The number of para-hydroxylation sites is 2. The molecule has 1 aliphatic heterocycles. The quantitative estimate of drug-likeness (QED) is 0.151. The van der Waals surface area contributed by atoms with Gasteiger partial charge in [0.1, 0.15) is 23.0 Å². The number of carbonyl (C=O) groups excluding carboxylic acids is 2. The average molecular weight is 634 g/mol. The Bertz CT molecular complexity index is 1570. The molecule has 4 N–H and O–H groups in total. The molecule has 4 rings (SSSR count). The highest BCUT2D eigenvalue weighted by atomic mass is 32.2. The second-order valence-electron chi connectivity index (χ2n) is 10.3. The van der Waals surface area contributed by atoms with E-state index in [4.69, 9.17) is 9.84 Å². The molecular weight excluding hydrogens is 598 g/mol. The number of hydrogen-bond donors (Lipinski definition) is 4. The number of carbonyl (C=O) groups is 3. The zero-order chi connectivity index (χ0) is 31.1. The van der Waals surface area contributed by atoms with E-state index in [2.05, 4.69) is 15.0 Å². The molecule has 0 spiro atoms. The van der Waals surface area contributed by atoms with Gasteiger partial charge in [0.05, 0.1) is 42.7 Å². The number of likely N-dealkylation sites (tertiary alicyclic amines) is 1. The zero-order valence-corrected chi connectivity index (χ0v) is 25.4. The predicted molar refractivity (Wildman–Crippen MR) is 161 cm³/mol. The Morgan fingerprint density at radius 3 is 2.60 bits per heavy atom. The highest BCUT2D eigenvalue weighted by molar-refractivity contribution is 7.98. The van der Waals surface area contributed by atoms with Gasteiger partial charge < -0.3 is 29.6 Å². The molecule has 1 saturated heterocycles. The van der Waals surface area contributed by atoms with Crippen LogP contribution in [0.4, 0.5) is 5.69 Å². The van der Waals surface area contributed by atoms with Crippen LogP contribution in [0.15, 0.2) is 52.5 Å². The number of rotatable bonds is 14. The van der Waals surface area contributed by atoms with E-state index in [1.54, 1.807) is 6.92 Å². The van der Waals surface area contributed by atoms with Gasteiger partial charge >= 0.3 is 5.97 Å². The number of aliphatic hydroxyl groups is 1. The number of hydrogen-bond acceptors (Lipinski definition) is 10. The molecule has 2 heterocycles. The molecule has 13 nitrogen and oxygen atoms in total.